The quantitative estimate of drug-likeness (QED) is 0.699. The predicted octanol–water partition coefficient (Wildman–Crippen LogP) is 0.631. The number of carbonyl (C=O) groups is 2. The normalized spacial score (nSPS) is 10.6. The number of carbonyl (C=O) groups excluding carboxylic acids is 2. The van der Waals surface area contributed by atoms with Crippen molar-refractivity contribution in [2.75, 3.05) is 27.2 Å². The van der Waals surface area contributed by atoms with Gasteiger partial charge in [0.05, 0.1) is 6.33 Å². The molecular weight excluding hydrogens is 294 g/mol. The molecule has 7 nitrogen and oxygen atoms in total. The number of likely N-dealkylation sites (N-methyl/N-ethyl adjacent to an activating group) is 1. The molecule has 0 saturated carbocycles. The Kier molecular flexibility index (Phi) is 5.87. The summed E-state index contributed by atoms with van der Waals surface area (Å²) in [6, 6.07) is 9.56. The summed E-state index contributed by atoms with van der Waals surface area (Å²) in [4.78, 5) is 32.9. The van der Waals surface area contributed by atoms with E-state index in [4.69, 9.17) is 0 Å². The minimum absolute atomic E-state index is 0.106. The second-order valence-corrected chi connectivity index (χ2v) is 5.35. The molecule has 0 spiro atoms. The fraction of sp³-hybridized carbons (Fsp3) is 0.312. The third-order valence-corrected chi connectivity index (χ3v) is 3.22. The molecule has 0 fully saturated rings. The van der Waals surface area contributed by atoms with Gasteiger partial charge in [-0.3, -0.25) is 9.59 Å². The van der Waals surface area contributed by atoms with E-state index in [-0.39, 0.29) is 23.2 Å². The summed E-state index contributed by atoms with van der Waals surface area (Å²) in [5.41, 5.74) is 1.26. The van der Waals surface area contributed by atoms with Gasteiger partial charge in [0.1, 0.15) is 5.69 Å². The molecule has 0 unspecified atom stereocenters. The standard InChI is InChI=1S/C16H21N5O2/c1-21(2)9-8-17-15(22)13-14(20-11-19-13)16(23)18-10-12-6-4-3-5-7-12/h3-7,11H,8-10H2,1-2H3,(H,17,22)(H,18,23)(H,19,20). The highest BCUT2D eigenvalue weighted by Crippen LogP contribution is 2.04. The first-order valence-electron chi connectivity index (χ1n) is 7.36. The Hall–Kier alpha value is -2.67. The molecule has 0 aliphatic heterocycles. The number of imidazole rings is 1. The van der Waals surface area contributed by atoms with Gasteiger partial charge in [-0.1, -0.05) is 30.3 Å². The predicted molar refractivity (Wildman–Crippen MR) is 87.1 cm³/mol. The van der Waals surface area contributed by atoms with Gasteiger partial charge in [0.15, 0.2) is 5.69 Å². The van der Waals surface area contributed by atoms with E-state index in [1.807, 2.05) is 49.3 Å². The molecule has 0 bridgehead atoms. The van der Waals surface area contributed by atoms with Crippen molar-refractivity contribution in [1.29, 1.82) is 0 Å². The Morgan fingerprint density at radius 3 is 2.57 bits per heavy atom. The van der Waals surface area contributed by atoms with Crippen LogP contribution in [0.1, 0.15) is 26.5 Å². The topological polar surface area (TPSA) is 90.1 Å². The van der Waals surface area contributed by atoms with Crippen molar-refractivity contribution in [3.05, 3.63) is 53.6 Å². The van der Waals surface area contributed by atoms with Crippen LogP contribution in [0.5, 0.6) is 0 Å². The van der Waals surface area contributed by atoms with Gasteiger partial charge in [-0.05, 0) is 19.7 Å². The van der Waals surface area contributed by atoms with Crippen molar-refractivity contribution in [1.82, 2.24) is 25.5 Å². The number of hydrogen-bond donors (Lipinski definition) is 3. The monoisotopic (exact) mass is 315 g/mol. The van der Waals surface area contributed by atoms with Crippen LogP contribution >= 0.6 is 0 Å². The van der Waals surface area contributed by atoms with Crippen molar-refractivity contribution in [2.45, 2.75) is 6.54 Å². The maximum atomic E-state index is 12.2. The SMILES string of the molecule is CN(C)CCNC(=O)c1nc[nH]c1C(=O)NCc1ccccc1. The molecule has 0 aliphatic carbocycles. The number of aromatic nitrogens is 2. The average Bonchev–Trinajstić information content (AvgIpc) is 3.03. The smallest absolute Gasteiger partial charge is 0.272 e. The summed E-state index contributed by atoms with van der Waals surface area (Å²) in [7, 11) is 3.84. The van der Waals surface area contributed by atoms with Crippen LogP contribution in [0.15, 0.2) is 36.7 Å². The van der Waals surface area contributed by atoms with Crippen LogP contribution in [-0.2, 0) is 6.54 Å². The van der Waals surface area contributed by atoms with Gasteiger partial charge < -0.3 is 20.5 Å². The van der Waals surface area contributed by atoms with Crippen molar-refractivity contribution in [3.63, 3.8) is 0 Å². The van der Waals surface area contributed by atoms with Crippen LogP contribution in [0.25, 0.3) is 0 Å². The van der Waals surface area contributed by atoms with E-state index in [0.29, 0.717) is 19.6 Å². The lowest BCUT2D eigenvalue weighted by atomic mass is 10.2. The molecule has 23 heavy (non-hydrogen) atoms. The fourth-order valence-electron chi connectivity index (χ4n) is 1.98. The molecule has 2 aromatic rings. The van der Waals surface area contributed by atoms with Crippen molar-refractivity contribution < 1.29 is 9.59 Å². The Morgan fingerprint density at radius 1 is 1.13 bits per heavy atom. The molecule has 3 N–H and O–H groups in total. The first-order chi connectivity index (χ1) is 11.1. The van der Waals surface area contributed by atoms with E-state index < -0.39 is 0 Å². The highest BCUT2D eigenvalue weighted by molar-refractivity contribution is 6.04. The molecule has 0 radical (unpaired) electrons. The molecule has 0 saturated heterocycles. The number of amides is 2. The fourth-order valence-corrected chi connectivity index (χ4v) is 1.98. The Bertz CT molecular complexity index is 652. The first kappa shape index (κ1) is 16.7. The minimum atomic E-state index is -0.363. The van der Waals surface area contributed by atoms with Crippen LogP contribution in [-0.4, -0.2) is 53.9 Å². The highest BCUT2D eigenvalue weighted by Gasteiger charge is 2.19. The molecule has 1 heterocycles. The van der Waals surface area contributed by atoms with E-state index in [2.05, 4.69) is 20.6 Å². The summed E-state index contributed by atoms with van der Waals surface area (Å²) in [5, 5.41) is 5.51. The number of rotatable bonds is 7. The Balaban J connectivity index is 1.94. The molecule has 1 aromatic carbocycles. The van der Waals surface area contributed by atoms with Gasteiger partial charge in [0.25, 0.3) is 11.8 Å². The lowest BCUT2D eigenvalue weighted by Gasteiger charge is -2.10. The summed E-state index contributed by atoms with van der Waals surface area (Å²) >= 11 is 0. The van der Waals surface area contributed by atoms with Crippen LogP contribution in [0.3, 0.4) is 0 Å². The van der Waals surface area contributed by atoms with E-state index in [0.717, 1.165) is 5.56 Å². The molecule has 2 rings (SSSR count). The number of hydrogen-bond acceptors (Lipinski definition) is 4. The van der Waals surface area contributed by atoms with Crippen molar-refractivity contribution in [3.8, 4) is 0 Å². The second-order valence-electron chi connectivity index (χ2n) is 5.35. The molecule has 2 amide bonds. The zero-order valence-corrected chi connectivity index (χ0v) is 13.3. The summed E-state index contributed by atoms with van der Waals surface area (Å²) < 4.78 is 0. The van der Waals surface area contributed by atoms with Crippen LogP contribution in [0.4, 0.5) is 0 Å². The average molecular weight is 315 g/mol. The summed E-state index contributed by atoms with van der Waals surface area (Å²) in [5.74, 6) is -0.720. The zero-order chi connectivity index (χ0) is 16.7. The molecule has 1 aromatic heterocycles. The van der Waals surface area contributed by atoms with Gasteiger partial charge in [0.2, 0.25) is 0 Å². The Morgan fingerprint density at radius 2 is 1.87 bits per heavy atom. The number of aromatic amines is 1. The van der Waals surface area contributed by atoms with Crippen LogP contribution < -0.4 is 10.6 Å². The van der Waals surface area contributed by atoms with E-state index in [9.17, 15) is 9.59 Å². The molecule has 0 atom stereocenters. The van der Waals surface area contributed by atoms with Crippen LogP contribution in [0.2, 0.25) is 0 Å². The van der Waals surface area contributed by atoms with Crippen molar-refractivity contribution in [2.24, 2.45) is 0 Å². The first-order valence-corrected chi connectivity index (χ1v) is 7.36. The Labute approximate surface area is 135 Å². The van der Waals surface area contributed by atoms with Gasteiger partial charge >= 0.3 is 0 Å². The zero-order valence-electron chi connectivity index (χ0n) is 13.3. The summed E-state index contributed by atoms with van der Waals surface area (Å²) in [6.07, 6.45) is 1.35. The second kappa shape index (κ2) is 8.09. The lowest BCUT2D eigenvalue weighted by molar-refractivity contribution is 0.0911. The molecule has 0 aliphatic rings. The van der Waals surface area contributed by atoms with E-state index >= 15 is 0 Å². The van der Waals surface area contributed by atoms with Crippen LogP contribution in [0, 0.1) is 0 Å². The van der Waals surface area contributed by atoms with Gasteiger partial charge in [-0.15, -0.1) is 0 Å². The van der Waals surface area contributed by atoms with Crippen molar-refractivity contribution >= 4 is 11.8 Å². The van der Waals surface area contributed by atoms with E-state index in [1.165, 1.54) is 6.33 Å². The largest absolute Gasteiger partial charge is 0.349 e. The third-order valence-electron chi connectivity index (χ3n) is 3.22. The van der Waals surface area contributed by atoms with Gasteiger partial charge in [-0.2, -0.15) is 0 Å². The number of nitrogens with one attached hydrogen (secondary N) is 3. The molecular formula is C16H21N5O2. The number of nitrogens with zero attached hydrogens (tertiary/aromatic N) is 2. The lowest BCUT2D eigenvalue weighted by Crippen LogP contribution is -2.33. The number of H-pyrrole nitrogens is 1. The maximum Gasteiger partial charge on any atom is 0.272 e. The minimum Gasteiger partial charge on any atom is -0.349 e. The van der Waals surface area contributed by atoms with Gasteiger partial charge in [0, 0.05) is 19.6 Å². The highest BCUT2D eigenvalue weighted by atomic mass is 16.2. The molecule has 7 heteroatoms. The third kappa shape index (κ3) is 4.93. The van der Waals surface area contributed by atoms with E-state index in [1.54, 1.807) is 0 Å². The maximum absolute atomic E-state index is 12.2. The van der Waals surface area contributed by atoms with Gasteiger partial charge in [-0.25, -0.2) is 4.98 Å². The summed E-state index contributed by atoms with van der Waals surface area (Å²) in [6.45, 7) is 1.59. The number of benzene rings is 1. The molecule has 122 valence electrons.